The molecule has 1 atom stereocenters. The summed E-state index contributed by atoms with van der Waals surface area (Å²) in [4.78, 5) is 14.1. The fraction of sp³-hybridized carbons (Fsp3) is 0.350. The van der Waals surface area contributed by atoms with Crippen molar-refractivity contribution in [1.29, 1.82) is 0 Å². The van der Waals surface area contributed by atoms with Crippen molar-refractivity contribution in [3.63, 3.8) is 0 Å². The van der Waals surface area contributed by atoms with Crippen LogP contribution >= 0.6 is 0 Å². The number of likely N-dealkylation sites (N-methyl/N-ethyl adjacent to an activating group) is 1. The van der Waals surface area contributed by atoms with Gasteiger partial charge in [0, 0.05) is 12.1 Å². The number of carbonyl (C=O) groups is 1. The van der Waals surface area contributed by atoms with Crippen LogP contribution in [0.2, 0.25) is 0 Å². The number of nitrogens with one attached hydrogen (secondary N) is 2. The van der Waals surface area contributed by atoms with Crippen molar-refractivity contribution in [3.05, 3.63) is 60.2 Å². The standard InChI is InChI=1S/C20H27N3O3/c1-23(2)18(17-11-7-8-12-19(17)25-3)15-22-20(24)21-13-14-26-16-9-5-4-6-10-16/h4-12,18H,13-15H2,1-3H3,(H2,21,22,24). The Hall–Kier alpha value is -2.73. The number of para-hydroxylation sites is 2. The van der Waals surface area contributed by atoms with Gasteiger partial charge in [0.25, 0.3) is 0 Å². The quantitative estimate of drug-likeness (QED) is 0.678. The van der Waals surface area contributed by atoms with Crippen LogP contribution in [0.4, 0.5) is 4.79 Å². The van der Waals surface area contributed by atoms with Crippen molar-refractivity contribution in [1.82, 2.24) is 15.5 Å². The molecule has 0 saturated carbocycles. The maximum Gasteiger partial charge on any atom is 0.314 e. The number of nitrogens with zero attached hydrogens (tertiary/aromatic N) is 1. The minimum atomic E-state index is -0.219. The molecule has 2 aromatic rings. The number of rotatable bonds is 9. The Morgan fingerprint density at radius 2 is 1.73 bits per heavy atom. The van der Waals surface area contributed by atoms with Crippen molar-refractivity contribution < 1.29 is 14.3 Å². The molecule has 26 heavy (non-hydrogen) atoms. The highest BCUT2D eigenvalue weighted by molar-refractivity contribution is 5.73. The summed E-state index contributed by atoms with van der Waals surface area (Å²) in [6.07, 6.45) is 0. The summed E-state index contributed by atoms with van der Waals surface area (Å²) in [6, 6.07) is 17.1. The molecule has 0 fully saturated rings. The Labute approximate surface area is 155 Å². The van der Waals surface area contributed by atoms with E-state index in [2.05, 4.69) is 15.5 Å². The molecule has 140 valence electrons. The Balaban J connectivity index is 1.78. The van der Waals surface area contributed by atoms with E-state index in [1.807, 2.05) is 68.7 Å². The molecule has 0 bridgehead atoms. The summed E-state index contributed by atoms with van der Waals surface area (Å²) in [6.45, 7) is 1.32. The fourth-order valence-electron chi connectivity index (χ4n) is 2.61. The van der Waals surface area contributed by atoms with E-state index in [4.69, 9.17) is 9.47 Å². The highest BCUT2D eigenvalue weighted by Crippen LogP contribution is 2.27. The largest absolute Gasteiger partial charge is 0.496 e. The second kappa shape index (κ2) is 10.3. The minimum Gasteiger partial charge on any atom is -0.496 e. The van der Waals surface area contributed by atoms with E-state index in [-0.39, 0.29) is 12.1 Å². The highest BCUT2D eigenvalue weighted by Gasteiger charge is 2.18. The van der Waals surface area contributed by atoms with Gasteiger partial charge in [0.2, 0.25) is 0 Å². The monoisotopic (exact) mass is 357 g/mol. The van der Waals surface area contributed by atoms with Crippen LogP contribution in [0.3, 0.4) is 0 Å². The van der Waals surface area contributed by atoms with Crippen molar-refractivity contribution in [3.8, 4) is 11.5 Å². The highest BCUT2D eigenvalue weighted by atomic mass is 16.5. The summed E-state index contributed by atoms with van der Waals surface area (Å²) in [5.74, 6) is 1.60. The van der Waals surface area contributed by atoms with Gasteiger partial charge in [-0.15, -0.1) is 0 Å². The van der Waals surface area contributed by atoms with E-state index >= 15 is 0 Å². The zero-order valence-corrected chi connectivity index (χ0v) is 15.6. The lowest BCUT2D eigenvalue weighted by Gasteiger charge is -2.26. The second-order valence-corrected chi connectivity index (χ2v) is 6.02. The molecule has 0 spiro atoms. The van der Waals surface area contributed by atoms with Gasteiger partial charge in [-0.2, -0.15) is 0 Å². The molecule has 2 amide bonds. The Morgan fingerprint density at radius 3 is 2.42 bits per heavy atom. The number of amides is 2. The molecule has 2 rings (SSSR count). The number of carbonyl (C=O) groups excluding carboxylic acids is 1. The average molecular weight is 357 g/mol. The van der Waals surface area contributed by atoms with Crippen LogP contribution in [0.15, 0.2) is 54.6 Å². The first kappa shape index (κ1) is 19.6. The van der Waals surface area contributed by atoms with Crippen LogP contribution in [0.25, 0.3) is 0 Å². The molecule has 0 heterocycles. The third kappa shape index (κ3) is 5.97. The molecule has 0 radical (unpaired) electrons. The van der Waals surface area contributed by atoms with Crippen molar-refractivity contribution in [2.75, 3.05) is 40.9 Å². The number of urea groups is 1. The SMILES string of the molecule is COc1ccccc1C(CNC(=O)NCCOc1ccccc1)N(C)C. The lowest BCUT2D eigenvalue weighted by molar-refractivity contribution is 0.228. The van der Waals surface area contributed by atoms with Gasteiger partial charge in [0.1, 0.15) is 18.1 Å². The van der Waals surface area contributed by atoms with Crippen molar-refractivity contribution in [2.45, 2.75) is 6.04 Å². The van der Waals surface area contributed by atoms with Gasteiger partial charge in [-0.25, -0.2) is 4.79 Å². The Morgan fingerprint density at radius 1 is 1.04 bits per heavy atom. The summed E-state index contributed by atoms with van der Waals surface area (Å²) >= 11 is 0. The summed E-state index contributed by atoms with van der Waals surface area (Å²) in [5.41, 5.74) is 1.03. The molecule has 2 aromatic carbocycles. The van der Waals surface area contributed by atoms with E-state index in [1.165, 1.54) is 0 Å². The van der Waals surface area contributed by atoms with Crippen LogP contribution in [0, 0.1) is 0 Å². The summed E-state index contributed by atoms with van der Waals surface area (Å²) in [5, 5.41) is 5.71. The number of hydrogen-bond acceptors (Lipinski definition) is 4. The third-order valence-corrected chi connectivity index (χ3v) is 3.98. The normalized spacial score (nSPS) is 11.7. The second-order valence-electron chi connectivity index (χ2n) is 6.02. The molecule has 0 aliphatic carbocycles. The van der Waals surface area contributed by atoms with Crippen LogP contribution in [0.1, 0.15) is 11.6 Å². The van der Waals surface area contributed by atoms with Gasteiger partial charge in [-0.3, -0.25) is 0 Å². The lowest BCUT2D eigenvalue weighted by atomic mass is 10.0. The minimum absolute atomic E-state index is 0.0115. The zero-order valence-electron chi connectivity index (χ0n) is 15.6. The fourth-order valence-corrected chi connectivity index (χ4v) is 2.61. The maximum atomic E-state index is 12.0. The molecule has 6 heteroatoms. The lowest BCUT2D eigenvalue weighted by Crippen LogP contribution is -2.41. The predicted octanol–water partition coefficient (Wildman–Crippen LogP) is 2.68. The van der Waals surface area contributed by atoms with Gasteiger partial charge >= 0.3 is 6.03 Å². The molecule has 2 N–H and O–H groups in total. The molecule has 6 nitrogen and oxygen atoms in total. The van der Waals surface area contributed by atoms with E-state index in [1.54, 1.807) is 7.11 Å². The molecule has 0 aliphatic rings. The summed E-state index contributed by atoms with van der Waals surface area (Å²) in [7, 11) is 5.60. The smallest absolute Gasteiger partial charge is 0.314 e. The third-order valence-electron chi connectivity index (χ3n) is 3.98. The van der Waals surface area contributed by atoms with E-state index < -0.39 is 0 Å². The average Bonchev–Trinajstić information content (AvgIpc) is 2.66. The molecule has 1 unspecified atom stereocenters. The van der Waals surface area contributed by atoms with Gasteiger partial charge in [-0.1, -0.05) is 36.4 Å². The first-order valence-corrected chi connectivity index (χ1v) is 8.60. The number of hydrogen-bond donors (Lipinski definition) is 2. The molecule has 0 aliphatic heterocycles. The van der Waals surface area contributed by atoms with Crippen LogP contribution in [-0.4, -0.2) is 51.8 Å². The molecular formula is C20H27N3O3. The van der Waals surface area contributed by atoms with E-state index in [0.29, 0.717) is 19.7 Å². The molecule has 0 aromatic heterocycles. The first-order chi connectivity index (χ1) is 12.6. The zero-order chi connectivity index (χ0) is 18.8. The van der Waals surface area contributed by atoms with Gasteiger partial charge in [0.15, 0.2) is 0 Å². The topological polar surface area (TPSA) is 62.8 Å². The predicted molar refractivity (Wildman–Crippen MR) is 103 cm³/mol. The van der Waals surface area contributed by atoms with E-state index in [0.717, 1.165) is 17.1 Å². The van der Waals surface area contributed by atoms with Crippen LogP contribution in [-0.2, 0) is 0 Å². The first-order valence-electron chi connectivity index (χ1n) is 8.60. The van der Waals surface area contributed by atoms with E-state index in [9.17, 15) is 4.79 Å². The molecular weight excluding hydrogens is 330 g/mol. The van der Waals surface area contributed by atoms with Crippen molar-refractivity contribution in [2.24, 2.45) is 0 Å². The number of methoxy groups -OCH3 is 1. The van der Waals surface area contributed by atoms with Crippen LogP contribution < -0.4 is 20.1 Å². The van der Waals surface area contributed by atoms with Gasteiger partial charge in [-0.05, 0) is 32.3 Å². The maximum absolute atomic E-state index is 12.0. The van der Waals surface area contributed by atoms with Crippen LogP contribution in [0.5, 0.6) is 11.5 Å². The molecule has 0 saturated heterocycles. The number of benzene rings is 2. The van der Waals surface area contributed by atoms with Gasteiger partial charge < -0.3 is 25.0 Å². The van der Waals surface area contributed by atoms with Gasteiger partial charge in [0.05, 0.1) is 19.7 Å². The number of ether oxygens (including phenoxy) is 2. The Bertz CT molecular complexity index is 677. The Kier molecular flexibility index (Phi) is 7.76. The van der Waals surface area contributed by atoms with Crippen molar-refractivity contribution >= 4 is 6.03 Å². The summed E-state index contributed by atoms with van der Waals surface area (Å²) < 4.78 is 11.0.